The Bertz CT molecular complexity index is 616. The maximum Gasteiger partial charge on any atom is 0.254 e. The summed E-state index contributed by atoms with van der Waals surface area (Å²) in [5, 5.41) is 19.5. The maximum absolute atomic E-state index is 11.6. The average molecular weight is 331 g/mol. The summed E-state index contributed by atoms with van der Waals surface area (Å²) in [5.41, 5.74) is 5.61. The fourth-order valence-corrected chi connectivity index (χ4v) is 2.60. The summed E-state index contributed by atoms with van der Waals surface area (Å²) >= 11 is 5.15. The van der Waals surface area contributed by atoms with E-state index < -0.39 is 24.5 Å². The molecule has 1 aliphatic rings. The molecule has 1 saturated heterocycles. The highest BCUT2D eigenvalue weighted by molar-refractivity contribution is 7.71. The second kappa shape index (κ2) is 7.44. The summed E-state index contributed by atoms with van der Waals surface area (Å²) in [5.74, 6) is 0. The molecule has 2 unspecified atom stereocenters. The van der Waals surface area contributed by atoms with E-state index in [4.69, 9.17) is 27.4 Å². The highest BCUT2D eigenvalue weighted by Gasteiger charge is 2.45. The number of aromatic amines is 1. The summed E-state index contributed by atoms with van der Waals surface area (Å²) in [6.07, 6.45) is -1.02. The van der Waals surface area contributed by atoms with Crippen LogP contribution in [-0.2, 0) is 9.47 Å². The summed E-state index contributed by atoms with van der Waals surface area (Å²) in [7, 11) is 0. The van der Waals surface area contributed by atoms with Crippen molar-refractivity contribution in [1.82, 2.24) is 9.55 Å². The lowest BCUT2D eigenvalue weighted by Crippen LogP contribution is -2.36. The lowest BCUT2D eigenvalue weighted by atomic mass is 10.1. The number of hydrogen-bond acceptors (Lipinski definition) is 7. The van der Waals surface area contributed by atoms with Gasteiger partial charge in [0.25, 0.3) is 5.56 Å². The zero-order valence-corrected chi connectivity index (χ0v) is 13.1. The first-order chi connectivity index (χ1) is 10.5. The smallest absolute Gasteiger partial charge is 0.254 e. The van der Waals surface area contributed by atoms with Gasteiger partial charge in [0.05, 0.1) is 6.61 Å². The Morgan fingerprint density at radius 1 is 1.59 bits per heavy atom. The van der Waals surface area contributed by atoms with Crippen molar-refractivity contribution < 1.29 is 19.7 Å². The molecule has 0 aromatic carbocycles. The lowest BCUT2D eigenvalue weighted by molar-refractivity contribution is -0.0736. The van der Waals surface area contributed by atoms with Crippen LogP contribution in [0.1, 0.15) is 18.2 Å². The highest BCUT2D eigenvalue weighted by Crippen LogP contribution is 2.31. The summed E-state index contributed by atoms with van der Waals surface area (Å²) < 4.78 is 13.0. The van der Waals surface area contributed by atoms with Gasteiger partial charge >= 0.3 is 0 Å². The predicted molar refractivity (Wildman–Crippen MR) is 81.0 cm³/mol. The van der Waals surface area contributed by atoms with Crippen LogP contribution in [0.2, 0.25) is 0 Å². The Morgan fingerprint density at radius 3 is 2.95 bits per heavy atom. The van der Waals surface area contributed by atoms with E-state index in [0.717, 1.165) is 0 Å². The molecule has 22 heavy (non-hydrogen) atoms. The van der Waals surface area contributed by atoms with Crippen LogP contribution in [0, 0.1) is 11.7 Å². The van der Waals surface area contributed by atoms with Gasteiger partial charge in [-0.2, -0.15) is 0 Å². The molecule has 0 radical (unpaired) electrons. The van der Waals surface area contributed by atoms with Crippen LogP contribution in [0.5, 0.6) is 0 Å². The molecular weight excluding hydrogens is 310 g/mol. The number of nitrogens with one attached hydrogen (secondary N) is 1. The maximum atomic E-state index is 11.6. The minimum absolute atomic E-state index is 0.166. The van der Waals surface area contributed by atoms with Gasteiger partial charge in [-0.25, -0.2) is 0 Å². The summed E-state index contributed by atoms with van der Waals surface area (Å²) in [6.45, 7) is 2.12. The van der Waals surface area contributed by atoms with Gasteiger partial charge in [-0.1, -0.05) is 0 Å². The topological polar surface area (TPSA) is 123 Å². The fourth-order valence-electron chi connectivity index (χ4n) is 2.35. The van der Waals surface area contributed by atoms with Gasteiger partial charge < -0.3 is 25.4 Å². The van der Waals surface area contributed by atoms with Gasteiger partial charge in [-0.3, -0.25) is 14.3 Å². The van der Waals surface area contributed by atoms with Crippen LogP contribution < -0.4 is 11.3 Å². The Morgan fingerprint density at radius 2 is 2.32 bits per heavy atom. The largest absolute Gasteiger partial charge is 0.394 e. The van der Waals surface area contributed by atoms with Gasteiger partial charge in [0, 0.05) is 18.4 Å². The second-order valence-electron chi connectivity index (χ2n) is 5.19. The Balaban J connectivity index is 2.31. The van der Waals surface area contributed by atoms with Crippen LogP contribution in [0.3, 0.4) is 0 Å². The zero-order chi connectivity index (χ0) is 16.3. The molecule has 1 fully saturated rings. The number of rotatable bonds is 6. The molecule has 4 atom stereocenters. The molecule has 0 aliphatic carbocycles. The van der Waals surface area contributed by atoms with E-state index >= 15 is 0 Å². The number of H-pyrrole nitrogens is 1. The molecule has 9 heteroatoms. The summed E-state index contributed by atoms with van der Waals surface area (Å²) in [4.78, 5) is 14.1. The van der Waals surface area contributed by atoms with Crippen molar-refractivity contribution in [3.05, 3.63) is 26.9 Å². The van der Waals surface area contributed by atoms with Crippen molar-refractivity contribution in [2.75, 3.05) is 19.8 Å². The number of aliphatic hydroxyl groups is 2. The van der Waals surface area contributed by atoms with Gasteiger partial charge in [0.2, 0.25) is 0 Å². The van der Waals surface area contributed by atoms with E-state index in [1.165, 1.54) is 4.57 Å². The van der Waals surface area contributed by atoms with Gasteiger partial charge in [0.15, 0.2) is 11.0 Å². The molecule has 2 rings (SSSR count). The second-order valence-corrected chi connectivity index (χ2v) is 5.58. The molecule has 1 aliphatic heterocycles. The van der Waals surface area contributed by atoms with Crippen LogP contribution >= 0.6 is 12.2 Å². The molecule has 2 heterocycles. The fraction of sp³-hybridized carbons (Fsp3) is 0.692. The number of aliphatic hydroxyl groups excluding tert-OH is 2. The Kier molecular flexibility index (Phi) is 5.84. The standard InChI is InChI=1S/C13H21N3O5S/c1-7-5-16(13(22)15-11(7)19)12-10(20-4-2-3-14)9(18)8(6-17)21-12/h5,8-10,12,17-18H,2-4,6,14H2,1H3,(H,15,19,22)/t8-,9?,10?,12-/m0/s1. The van der Waals surface area contributed by atoms with E-state index in [1.807, 2.05) is 0 Å². The normalized spacial score (nSPS) is 28.2. The Hall–Kier alpha value is -1.10. The van der Waals surface area contributed by atoms with E-state index in [1.54, 1.807) is 13.1 Å². The van der Waals surface area contributed by atoms with Crippen molar-refractivity contribution in [1.29, 1.82) is 0 Å². The average Bonchev–Trinajstić information content (AvgIpc) is 2.80. The van der Waals surface area contributed by atoms with Crippen LogP contribution in [-0.4, -0.2) is 57.8 Å². The minimum Gasteiger partial charge on any atom is -0.394 e. The molecular formula is C13H21N3O5S. The lowest BCUT2D eigenvalue weighted by Gasteiger charge is -2.23. The molecule has 1 aromatic rings. The van der Waals surface area contributed by atoms with Gasteiger partial charge in [-0.05, 0) is 32.1 Å². The number of aryl methyl sites for hydroxylation is 1. The molecule has 1 aromatic heterocycles. The van der Waals surface area contributed by atoms with Crippen LogP contribution in [0.15, 0.2) is 11.0 Å². The van der Waals surface area contributed by atoms with Crippen molar-refractivity contribution in [3.63, 3.8) is 0 Å². The molecule has 0 saturated carbocycles. The van der Waals surface area contributed by atoms with Crippen molar-refractivity contribution in [2.45, 2.75) is 37.9 Å². The van der Waals surface area contributed by atoms with E-state index in [-0.39, 0.29) is 16.9 Å². The molecule has 5 N–H and O–H groups in total. The molecule has 0 bridgehead atoms. The quantitative estimate of drug-likeness (QED) is 0.397. The molecule has 8 nitrogen and oxygen atoms in total. The Labute approximate surface area is 132 Å². The number of hydrogen-bond donors (Lipinski definition) is 4. The predicted octanol–water partition coefficient (Wildman–Crippen LogP) is -0.801. The first-order valence-electron chi connectivity index (χ1n) is 7.07. The third-order valence-electron chi connectivity index (χ3n) is 3.57. The number of nitrogens with two attached hydrogens (primary N) is 1. The third-order valence-corrected chi connectivity index (χ3v) is 3.88. The third kappa shape index (κ3) is 3.45. The monoisotopic (exact) mass is 331 g/mol. The van der Waals surface area contributed by atoms with E-state index in [9.17, 15) is 15.0 Å². The zero-order valence-electron chi connectivity index (χ0n) is 12.3. The number of aromatic nitrogens is 2. The van der Waals surface area contributed by atoms with Crippen LogP contribution in [0.4, 0.5) is 0 Å². The van der Waals surface area contributed by atoms with Crippen molar-refractivity contribution >= 4 is 12.2 Å². The summed E-state index contributed by atoms with van der Waals surface area (Å²) in [6, 6.07) is 0. The van der Waals surface area contributed by atoms with E-state index in [0.29, 0.717) is 25.1 Å². The molecule has 0 amide bonds. The molecule has 124 valence electrons. The van der Waals surface area contributed by atoms with Gasteiger partial charge in [0.1, 0.15) is 18.3 Å². The number of nitrogens with zero attached hydrogens (tertiary/aromatic N) is 1. The first-order valence-corrected chi connectivity index (χ1v) is 7.48. The minimum atomic E-state index is -0.998. The highest BCUT2D eigenvalue weighted by atomic mass is 32.1. The van der Waals surface area contributed by atoms with Crippen molar-refractivity contribution in [2.24, 2.45) is 5.73 Å². The van der Waals surface area contributed by atoms with Crippen LogP contribution in [0.25, 0.3) is 0 Å². The van der Waals surface area contributed by atoms with E-state index in [2.05, 4.69) is 4.98 Å². The van der Waals surface area contributed by atoms with Gasteiger partial charge in [-0.15, -0.1) is 0 Å². The first kappa shape index (κ1) is 17.3. The molecule has 0 spiro atoms. The number of ether oxygens (including phenoxy) is 2. The van der Waals surface area contributed by atoms with Crippen molar-refractivity contribution in [3.8, 4) is 0 Å². The SMILES string of the molecule is Cc1cn([C@H]2O[C@@H](CO)C(O)C2OCCCN)c(=S)[nH]c1=O.